The zero-order chi connectivity index (χ0) is 14.0. The Labute approximate surface area is 110 Å². The molecular formula is C13H15N3O3. The fourth-order valence-electron chi connectivity index (χ4n) is 2.01. The maximum Gasteiger partial charge on any atom is 0.318 e. The van der Waals surface area contributed by atoms with Crippen LogP contribution in [0.5, 0.6) is 0 Å². The monoisotopic (exact) mass is 261 g/mol. The van der Waals surface area contributed by atoms with Crippen LogP contribution in [0.2, 0.25) is 0 Å². The van der Waals surface area contributed by atoms with E-state index in [9.17, 15) is 14.4 Å². The molecule has 6 nitrogen and oxygen atoms in total. The van der Waals surface area contributed by atoms with Crippen molar-refractivity contribution in [3.8, 4) is 0 Å². The molecule has 100 valence electrons. The SMILES string of the molecule is CNC(=O)Nc1ccc([C@@H]2CC(=O)N(C)C2=O)cc1. The zero-order valence-corrected chi connectivity index (χ0v) is 10.8. The summed E-state index contributed by atoms with van der Waals surface area (Å²) in [6.07, 6.45) is 0.206. The minimum Gasteiger partial charge on any atom is -0.341 e. The Morgan fingerprint density at radius 2 is 1.89 bits per heavy atom. The average molecular weight is 261 g/mol. The lowest BCUT2D eigenvalue weighted by Gasteiger charge is -2.10. The highest BCUT2D eigenvalue weighted by Crippen LogP contribution is 2.29. The average Bonchev–Trinajstić information content (AvgIpc) is 2.67. The van der Waals surface area contributed by atoms with Crippen LogP contribution >= 0.6 is 0 Å². The number of amides is 4. The predicted molar refractivity (Wildman–Crippen MR) is 69.7 cm³/mol. The molecule has 0 bridgehead atoms. The minimum atomic E-state index is -0.411. The number of benzene rings is 1. The Kier molecular flexibility index (Phi) is 3.50. The largest absolute Gasteiger partial charge is 0.341 e. The number of anilines is 1. The molecule has 2 N–H and O–H groups in total. The maximum absolute atomic E-state index is 11.9. The van der Waals surface area contributed by atoms with E-state index >= 15 is 0 Å². The summed E-state index contributed by atoms with van der Waals surface area (Å²) in [5, 5.41) is 5.07. The molecule has 19 heavy (non-hydrogen) atoms. The molecule has 0 aliphatic carbocycles. The summed E-state index contributed by atoms with van der Waals surface area (Å²) in [6, 6.07) is 6.61. The number of likely N-dealkylation sites (N-methyl/N-ethyl adjacent to an activating group) is 1. The molecule has 0 aromatic heterocycles. The second-order valence-corrected chi connectivity index (χ2v) is 4.37. The molecule has 6 heteroatoms. The van der Waals surface area contributed by atoms with Crippen LogP contribution in [-0.2, 0) is 9.59 Å². The molecule has 1 aliphatic rings. The Bertz CT molecular complexity index is 524. The van der Waals surface area contributed by atoms with E-state index in [-0.39, 0.29) is 24.3 Å². The van der Waals surface area contributed by atoms with Crippen LogP contribution in [-0.4, -0.2) is 36.8 Å². The van der Waals surface area contributed by atoms with Gasteiger partial charge in [-0.15, -0.1) is 0 Å². The van der Waals surface area contributed by atoms with Crippen molar-refractivity contribution in [3.05, 3.63) is 29.8 Å². The van der Waals surface area contributed by atoms with E-state index in [2.05, 4.69) is 10.6 Å². The van der Waals surface area contributed by atoms with Gasteiger partial charge in [-0.2, -0.15) is 0 Å². The smallest absolute Gasteiger partial charge is 0.318 e. The third-order valence-electron chi connectivity index (χ3n) is 3.18. The Hall–Kier alpha value is -2.37. The lowest BCUT2D eigenvalue weighted by atomic mass is 9.97. The topological polar surface area (TPSA) is 78.5 Å². The lowest BCUT2D eigenvalue weighted by molar-refractivity contribution is -0.137. The molecule has 0 spiro atoms. The van der Waals surface area contributed by atoms with Gasteiger partial charge in [0.15, 0.2) is 0 Å². The standard InChI is InChI=1S/C13H15N3O3/c1-14-13(19)15-9-5-3-8(4-6-9)10-7-11(17)16(2)12(10)18/h3-6,10H,7H2,1-2H3,(H2,14,15,19)/t10-/m0/s1. The number of urea groups is 1. The highest BCUT2D eigenvalue weighted by atomic mass is 16.2. The molecule has 4 amide bonds. The van der Waals surface area contributed by atoms with Gasteiger partial charge in [0.25, 0.3) is 0 Å². The van der Waals surface area contributed by atoms with Gasteiger partial charge in [0.1, 0.15) is 0 Å². The molecule has 0 unspecified atom stereocenters. The number of rotatable bonds is 2. The van der Waals surface area contributed by atoms with Gasteiger partial charge < -0.3 is 10.6 Å². The maximum atomic E-state index is 11.9. The molecule has 1 aromatic carbocycles. The predicted octanol–water partition coefficient (Wildman–Crippen LogP) is 0.910. The summed E-state index contributed by atoms with van der Waals surface area (Å²) in [6.45, 7) is 0. The summed E-state index contributed by atoms with van der Waals surface area (Å²) < 4.78 is 0. The normalized spacial score (nSPS) is 18.6. The Balaban J connectivity index is 2.13. The van der Waals surface area contributed by atoms with Gasteiger partial charge in [-0.3, -0.25) is 14.5 Å². The molecular weight excluding hydrogens is 246 g/mol. The van der Waals surface area contributed by atoms with Crippen LogP contribution in [0.1, 0.15) is 17.9 Å². The van der Waals surface area contributed by atoms with E-state index in [4.69, 9.17) is 0 Å². The van der Waals surface area contributed by atoms with Crippen molar-refractivity contribution < 1.29 is 14.4 Å². The molecule has 1 fully saturated rings. The summed E-state index contributed by atoms with van der Waals surface area (Å²) in [5.74, 6) is -0.758. The summed E-state index contributed by atoms with van der Waals surface area (Å²) >= 11 is 0. The minimum absolute atomic E-state index is 0.164. The van der Waals surface area contributed by atoms with Gasteiger partial charge in [-0.25, -0.2) is 4.79 Å². The molecule has 0 saturated carbocycles. The Morgan fingerprint density at radius 3 is 2.37 bits per heavy atom. The fourth-order valence-corrected chi connectivity index (χ4v) is 2.01. The van der Waals surface area contributed by atoms with Crippen LogP contribution in [0, 0.1) is 0 Å². The molecule has 1 aliphatic heterocycles. The number of imide groups is 1. The number of hydrogen-bond donors (Lipinski definition) is 2. The molecule has 1 atom stereocenters. The second-order valence-electron chi connectivity index (χ2n) is 4.37. The van der Waals surface area contributed by atoms with Gasteiger partial charge in [0.05, 0.1) is 5.92 Å². The van der Waals surface area contributed by atoms with Gasteiger partial charge in [-0.05, 0) is 17.7 Å². The van der Waals surface area contributed by atoms with Crippen LogP contribution in [0.4, 0.5) is 10.5 Å². The number of nitrogens with one attached hydrogen (secondary N) is 2. The number of hydrogen-bond acceptors (Lipinski definition) is 3. The van der Waals surface area contributed by atoms with Crippen LogP contribution < -0.4 is 10.6 Å². The van der Waals surface area contributed by atoms with Crippen molar-refractivity contribution >= 4 is 23.5 Å². The van der Waals surface area contributed by atoms with Gasteiger partial charge in [0.2, 0.25) is 11.8 Å². The number of carbonyl (C=O) groups excluding carboxylic acids is 3. The molecule has 0 radical (unpaired) electrons. The highest BCUT2D eigenvalue weighted by Gasteiger charge is 2.36. The van der Waals surface area contributed by atoms with Crippen molar-refractivity contribution in [2.24, 2.45) is 0 Å². The van der Waals surface area contributed by atoms with Crippen LogP contribution in [0.3, 0.4) is 0 Å². The Morgan fingerprint density at radius 1 is 1.26 bits per heavy atom. The van der Waals surface area contributed by atoms with Crippen molar-refractivity contribution in [2.75, 3.05) is 19.4 Å². The van der Waals surface area contributed by atoms with Gasteiger partial charge in [0, 0.05) is 26.2 Å². The molecule has 2 rings (SSSR count). The summed E-state index contributed by atoms with van der Waals surface area (Å²) in [7, 11) is 3.02. The number of likely N-dealkylation sites (tertiary alicyclic amines) is 1. The molecule has 1 heterocycles. The fraction of sp³-hybridized carbons (Fsp3) is 0.308. The van der Waals surface area contributed by atoms with Gasteiger partial charge in [-0.1, -0.05) is 12.1 Å². The van der Waals surface area contributed by atoms with Crippen molar-refractivity contribution in [2.45, 2.75) is 12.3 Å². The molecule has 1 saturated heterocycles. The second kappa shape index (κ2) is 5.09. The first-order chi connectivity index (χ1) is 9.02. The summed E-state index contributed by atoms with van der Waals surface area (Å²) in [5.41, 5.74) is 1.42. The van der Waals surface area contributed by atoms with Gasteiger partial charge >= 0.3 is 6.03 Å². The third-order valence-corrected chi connectivity index (χ3v) is 3.18. The van der Waals surface area contributed by atoms with Crippen molar-refractivity contribution in [1.82, 2.24) is 10.2 Å². The van der Waals surface area contributed by atoms with E-state index in [0.717, 1.165) is 10.5 Å². The number of carbonyl (C=O) groups is 3. The van der Waals surface area contributed by atoms with E-state index in [1.807, 2.05) is 0 Å². The highest BCUT2D eigenvalue weighted by molar-refractivity contribution is 6.05. The van der Waals surface area contributed by atoms with Crippen LogP contribution in [0.15, 0.2) is 24.3 Å². The van der Waals surface area contributed by atoms with Crippen molar-refractivity contribution in [1.29, 1.82) is 0 Å². The first-order valence-electron chi connectivity index (χ1n) is 5.92. The first kappa shape index (κ1) is 13.1. The summed E-state index contributed by atoms with van der Waals surface area (Å²) in [4.78, 5) is 35.6. The first-order valence-corrected chi connectivity index (χ1v) is 5.92. The van der Waals surface area contributed by atoms with E-state index in [0.29, 0.717) is 5.69 Å². The lowest BCUT2D eigenvalue weighted by Crippen LogP contribution is -2.25. The van der Waals surface area contributed by atoms with Crippen molar-refractivity contribution in [3.63, 3.8) is 0 Å². The van der Waals surface area contributed by atoms with E-state index < -0.39 is 5.92 Å². The van der Waals surface area contributed by atoms with Crippen LogP contribution in [0.25, 0.3) is 0 Å². The van der Waals surface area contributed by atoms with E-state index in [1.54, 1.807) is 24.3 Å². The quantitative estimate of drug-likeness (QED) is 0.777. The zero-order valence-electron chi connectivity index (χ0n) is 10.8. The number of nitrogens with zero attached hydrogens (tertiary/aromatic N) is 1. The third kappa shape index (κ3) is 2.57. The molecule has 1 aromatic rings. The van der Waals surface area contributed by atoms with E-state index in [1.165, 1.54) is 14.1 Å².